The molecule has 1 heterocycles. The van der Waals surface area contributed by atoms with E-state index in [0.29, 0.717) is 0 Å². The van der Waals surface area contributed by atoms with Crippen molar-refractivity contribution in [2.24, 2.45) is 0 Å². The zero-order valence-corrected chi connectivity index (χ0v) is 8.92. The highest BCUT2D eigenvalue weighted by molar-refractivity contribution is 5.90. The molecule has 0 saturated heterocycles. The summed E-state index contributed by atoms with van der Waals surface area (Å²) in [5.41, 5.74) is 2.02. The van der Waals surface area contributed by atoms with E-state index in [1.165, 1.54) is 0 Å². The molecule has 3 heteroatoms. The summed E-state index contributed by atoms with van der Waals surface area (Å²) in [4.78, 5) is 0. The Morgan fingerprint density at radius 2 is 2.07 bits per heavy atom. The van der Waals surface area contributed by atoms with Crippen LogP contribution in [0.25, 0.3) is 11.0 Å². The first kappa shape index (κ1) is 10.1. The summed E-state index contributed by atoms with van der Waals surface area (Å²) in [5, 5.41) is 7.64. The van der Waals surface area contributed by atoms with Crippen molar-refractivity contribution in [3.8, 4) is 0 Å². The van der Waals surface area contributed by atoms with E-state index in [2.05, 4.69) is 16.7 Å². The van der Waals surface area contributed by atoms with Crippen LogP contribution in [0.4, 0.5) is 5.69 Å². The topological polar surface area (TPSA) is 37.2 Å². The number of hydrogen-bond acceptors (Lipinski definition) is 3. The van der Waals surface area contributed by atoms with Gasteiger partial charge in [-0.1, -0.05) is 12.1 Å². The summed E-state index contributed by atoms with van der Waals surface area (Å²) >= 11 is 0. The molecule has 0 radical (unpaired) electrons. The zero-order chi connectivity index (χ0) is 10.5. The van der Waals surface area contributed by atoms with E-state index >= 15 is 0 Å². The van der Waals surface area contributed by atoms with Crippen LogP contribution in [-0.2, 0) is 0 Å². The van der Waals surface area contributed by atoms with Gasteiger partial charge in [0, 0.05) is 11.9 Å². The fourth-order valence-corrected chi connectivity index (χ4v) is 1.60. The lowest BCUT2D eigenvalue weighted by atomic mass is 10.2. The van der Waals surface area contributed by atoms with Gasteiger partial charge in [-0.3, -0.25) is 0 Å². The van der Waals surface area contributed by atoms with Crippen LogP contribution in [0, 0.1) is 0 Å². The molecule has 0 spiro atoms. The fraction of sp³-hybridized carbons (Fsp3) is 0.333. The molecule has 2 aromatic rings. The lowest BCUT2D eigenvalue weighted by molar-refractivity contribution is 0.616. The number of para-hydroxylation sites is 1. The average Bonchev–Trinajstić information content (AvgIpc) is 2.68. The van der Waals surface area contributed by atoms with Crippen molar-refractivity contribution in [3.63, 3.8) is 0 Å². The molecular weight excluding hydrogens is 188 g/mol. The first-order chi connectivity index (χ1) is 7.42. The molecular formula is C12H16N2O. The van der Waals surface area contributed by atoms with Gasteiger partial charge in [0.25, 0.3) is 0 Å². The quantitative estimate of drug-likeness (QED) is 0.735. The van der Waals surface area contributed by atoms with E-state index < -0.39 is 0 Å². The van der Waals surface area contributed by atoms with Gasteiger partial charge < -0.3 is 15.1 Å². The molecule has 0 bridgehead atoms. The second-order valence-electron chi connectivity index (χ2n) is 3.53. The van der Waals surface area contributed by atoms with Gasteiger partial charge >= 0.3 is 0 Å². The molecule has 1 aromatic carbocycles. The largest absolute Gasteiger partial charge is 0.462 e. The van der Waals surface area contributed by atoms with Gasteiger partial charge in [-0.15, -0.1) is 0 Å². The number of nitrogens with one attached hydrogen (secondary N) is 2. The molecule has 15 heavy (non-hydrogen) atoms. The van der Waals surface area contributed by atoms with Crippen LogP contribution < -0.4 is 10.6 Å². The van der Waals surface area contributed by atoms with Crippen LogP contribution in [0.15, 0.2) is 34.9 Å². The lowest BCUT2D eigenvalue weighted by Crippen LogP contribution is -2.12. The second-order valence-corrected chi connectivity index (χ2v) is 3.53. The van der Waals surface area contributed by atoms with E-state index in [9.17, 15) is 0 Å². The number of hydrogen-bond donors (Lipinski definition) is 2. The first-order valence-electron chi connectivity index (χ1n) is 5.26. The molecule has 0 saturated carbocycles. The molecule has 0 aliphatic heterocycles. The van der Waals surface area contributed by atoms with Crippen LogP contribution in [0.3, 0.4) is 0 Å². The number of furan rings is 1. The molecule has 0 atom stereocenters. The van der Waals surface area contributed by atoms with Crippen molar-refractivity contribution in [1.29, 1.82) is 0 Å². The smallest absolute Gasteiger partial charge is 0.136 e. The van der Waals surface area contributed by atoms with Gasteiger partial charge in [-0.2, -0.15) is 0 Å². The predicted molar refractivity (Wildman–Crippen MR) is 63.2 cm³/mol. The minimum Gasteiger partial charge on any atom is -0.462 e. The predicted octanol–water partition coefficient (Wildman–Crippen LogP) is 2.45. The molecule has 0 aliphatic carbocycles. The SMILES string of the molecule is CNCCCNc1coc2ccccc12. The molecule has 0 aliphatic rings. The van der Waals surface area contributed by atoms with E-state index in [0.717, 1.165) is 36.2 Å². The average molecular weight is 204 g/mol. The highest BCUT2D eigenvalue weighted by Crippen LogP contribution is 2.24. The lowest BCUT2D eigenvalue weighted by Gasteiger charge is -2.03. The van der Waals surface area contributed by atoms with Crippen LogP contribution in [0.1, 0.15) is 6.42 Å². The van der Waals surface area contributed by atoms with Crippen molar-refractivity contribution in [3.05, 3.63) is 30.5 Å². The fourth-order valence-electron chi connectivity index (χ4n) is 1.60. The van der Waals surface area contributed by atoms with Crippen molar-refractivity contribution in [2.75, 3.05) is 25.5 Å². The minimum absolute atomic E-state index is 0.939. The van der Waals surface area contributed by atoms with Crippen molar-refractivity contribution < 1.29 is 4.42 Å². The molecule has 2 N–H and O–H groups in total. The summed E-state index contributed by atoms with van der Waals surface area (Å²) < 4.78 is 5.43. The summed E-state index contributed by atoms with van der Waals surface area (Å²) in [6, 6.07) is 8.06. The molecule has 80 valence electrons. The van der Waals surface area contributed by atoms with E-state index in [1.54, 1.807) is 6.26 Å². The maximum absolute atomic E-state index is 5.43. The maximum Gasteiger partial charge on any atom is 0.136 e. The Labute approximate surface area is 89.5 Å². The van der Waals surface area contributed by atoms with Crippen LogP contribution in [-0.4, -0.2) is 20.1 Å². The molecule has 0 fully saturated rings. The third-order valence-corrected chi connectivity index (χ3v) is 2.40. The molecule has 3 nitrogen and oxygen atoms in total. The first-order valence-corrected chi connectivity index (χ1v) is 5.26. The number of fused-ring (bicyclic) bond motifs is 1. The van der Waals surface area contributed by atoms with Gasteiger partial charge in [0.15, 0.2) is 0 Å². The monoisotopic (exact) mass is 204 g/mol. The Morgan fingerprint density at radius 3 is 2.93 bits per heavy atom. The van der Waals surface area contributed by atoms with Crippen LogP contribution in [0.2, 0.25) is 0 Å². The second kappa shape index (κ2) is 4.84. The summed E-state index contributed by atoms with van der Waals surface area (Å²) in [7, 11) is 1.97. The van der Waals surface area contributed by atoms with Crippen molar-refractivity contribution in [2.45, 2.75) is 6.42 Å². The molecule has 0 unspecified atom stereocenters. The summed E-state index contributed by atoms with van der Waals surface area (Å²) in [6.07, 6.45) is 2.89. The highest BCUT2D eigenvalue weighted by atomic mass is 16.3. The van der Waals surface area contributed by atoms with Gasteiger partial charge in [-0.05, 0) is 32.1 Å². The summed E-state index contributed by atoms with van der Waals surface area (Å²) in [5.74, 6) is 0. The normalized spacial score (nSPS) is 10.7. The van der Waals surface area contributed by atoms with Gasteiger partial charge in [0.2, 0.25) is 0 Å². The third kappa shape index (κ3) is 2.30. The van der Waals surface area contributed by atoms with Gasteiger partial charge in [-0.25, -0.2) is 0 Å². The minimum atomic E-state index is 0.939. The van der Waals surface area contributed by atoms with Crippen molar-refractivity contribution in [1.82, 2.24) is 5.32 Å². The van der Waals surface area contributed by atoms with E-state index in [4.69, 9.17) is 4.42 Å². The Bertz CT molecular complexity index is 422. The Kier molecular flexibility index (Phi) is 3.25. The zero-order valence-electron chi connectivity index (χ0n) is 8.92. The number of anilines is 1. The van der Waals surface area contributed by atoms with Crippen molar-refractivity contribution >= 4 is 16.7 Å². The van der Waals surface area contributed by atoms with Crippen LogP contribution >= 0.6 is 0 Å². The maximum atomic E-state index is 5.43. The Morgan fingerprint density at radius 1 is 1.20 bits per heavy atom. The Balaban J connectivity index is 2.02. The highest BCUT2D eigenvalue weighted by Gasteiger charge is 2.02. The van der Waals surface area contributed by atoms with Gasteiger partial charge in [0.05, 0.1) is 5.69 Å². The standard InChI is InChI=1S/C12H16N2O/c1-13-7-4-8-14-11-9-15-12-6-3-2-5-10(11)12/h2-3,5-6,9,13-14H,4,7-8H2,1H3. The third-order valence-electron chi connectivity index (χ3n) is 2.40. The van der Waals surface area contributed by atoms with E-state index in [-0.39, 0.29) is 0 Å². The van der Waals surface area contributed by atoms with Gasteiger partial charge in [0.1, 0.15) is 11.8 Å². The Hall–Kier alpha value is -1.48. The molecule has 0 amide bonds. The number of benzene rings is 1. The molecule has 2 rings (SSSR count). The van der Waals surface area contributed by atoms with Crippen LogP contribution in [0.5, 0.6) is 0 Å². The summed E-state index contributed by atoms with van der Waals surface area (Å²) in [6.45, 7) is 1.99. The molecule has 1 aromatic heterocycles. The number of rotatable bonds is 5. The van der Waals surface area contributed by atoms with E-state index in [1.807, 2.05) is 25.2 Å².